The molecule has 0 saturated carbocycles. The van der Waals surface area contributed by atoms with Crippen molar-refractivity contribution in [2.75, 3.05) is 0 Å². The quantitative estimate of drug-likeness (QED) is 0.301. The minimum Gasteiger partial charge on any atom is -0.482 e. The van der Waals surface area contributed by atoms with E-state index >= 15 is 0 Å². The van der Waals surface area contributed by atoms with Crippen molar-refractivity contribution in [3.63, 3.8) is 0 Å². The first-order chi connectivity index (χ1) is 14.6. The maximum Gasteiger partial charge on any atom is 0.258 e. The number of aryl methyl sites for hydroxylation is 1. The van der Waals surface area contributed by atoms with Crippen LogP contribution < -0.4 is 10.3 Å². The fraction of sp³-hybridized carbons (Fsp3) is 0.238. The summed E-state index contributed by atoms with van der Waals surface area (Å²) in [7, 11) is 0. The van der Waals surface area contributed by atoms with Crippen LogP contribution >= 0.6 is 23.1 Å². The number of thioether (sulfide) groups is 1. The van der Waals surface area contributed by atoms with Gasteiger partial charge in [-0.3, -0.25) is 13.8 Å². The van der Waals surface area contributed by atoms with E-state index in [9.17, 15) is 4.79 Å². The summed E-state index contributed by atoms with van der Waals surface area (Å²) in [5, 5.41) is 11.3. The van der Waals surface area contributed by atoms with E-state index in [4.69, 9.17) is 4.74 Å². The van der Waals surface area contributed by atoms with Crippen molar-refractivity contribution in [2.24, 2.45) is 0 Å². The van der Waals surface area contributed by atoms with E-state index in [0.29, 0.717) is 23.0 Å². The molecule has 154 valence electrons. The molecule has 3 aromatic heterocycles. The van der Waals surface area contributed by atoms with Crippen LogP contribution in [-0.4, -0.2) is 24.1 Å². The van der Waals surface area contributed by atoms with Gasteiger partial charge in [0.25, 0.3) is 5.56 Å². The lowest BCUT2D eigenvalue weighted by Crippen LogP contribution is -2.13. The number of fused-ring (bicyclic) bond motifs is 1. The average molecular weight is 440 g/mol. The van der Waals surface area contributed by atoms with Crippen molar-refractivity contribution in [3.8, 4) is 5.75 Å². The molecule has 9 heteroatoms. The largest absolute Gasteiger partial charge is 0.482 e. The van der Waals surface area contributed by atoms with E-state index in [1.54, 1.807) is 22.7 Å². The van der Waals surface area contributed by atoms with Gasteiger partial charge in [-0.25, -0.2) is 4.98 Å². The van der Waals surface area contributed by atoms with Gasteiger partial charge in [-0.2, -0.15) is 0 Å². The van der Waals surface area contributed by atoms with E-state index < -0.39 is 0 Å². The van der Waals surface area contributed by atoms with Crippen LogP contribution in [0.1, 0.15) is 30.1 Å². The molecule has 7 nitrogen and oxygen atoms in total. The number of aromatic nitrogens is 5. The molecule has 0 aliphatic carbocycles. The molecule has 4 aromatic rings. The molecule has 3 heterocycles. The van der Waals surface area contributed by atoms with E-state index in [-0.39, 0.29) is 11.7 Å². The number of ether oxygens (including phenoxy) is 1. The van der Waals surface area contributed by atoms with Crippen LogP contribution in [0, 0.1) is 6.92 Å². The maximum absolute atomic E-state index is 12.2. The Morgan fingerprint density at radius 1 is 1.33 bits per heavy atom. The first-order valence-corrected chi connectivity index (χ1v) is 11.3. The second kappa shape index (κ2) is 8.85. The Hall–Kier alpha value is -2.91. The van der Waals surface area contributed by atoms with Gasteiger partial charge >= 0.3 is 0 Å². The molecular weight excluding hydrogens is 418 g/mol. The Bertz CT molecular complexity index is 1240. The summed E-state index contributed by atoms with van der Waals surface area (Å²) in [5.41, 5.74) is 1.70. The standard InChI is InChI=1S/C21H21N5O2S2/c1-4-9-26-19(15(3)28-17-8-6-5-7-14(17)2)23-24-21(26)30-13-16-12-18(27)25-10-11-29-20(25)22-16/h4-8,10-12,15H,1,9,13H2,2-3H3. The topological polar surface area (TPSA) is 74.3 Å². The summed E-state index contributed by atoms with van der Waals surface area (Å²) in [6, 6.07) is 9.45. The first-order valence-electron chi connectivity index (χ1n) is 9.41. The van der Waals surface area contributed by atoms with Gasteiger partial charge in [0.05, 0.1) is 5.69 Å². The summed E-state index contributed by atoms with van der Waals surface area (Å²) in [6.45, 7) is 8.38. The summed E-state index contributed by atoms with van der Waals surface area (Å²) < 4.78 is 9.65. The van der Waals surface area contributed by atoms with Crippen LogP contribution in [0.2, 0.25) is 0 Å². The predicted molar refractivity (Wildman–Crippen MR) is 119 cm³/mol. The van der Waals surface area contributed by atoms with Crippen LogP contribution in [0.4, 0.5) is 0 Å². The number of para-hydroxylation sites is 1. The molecule has 0 aliphatic heterocycles. The smallest absolute Gasteiger partial charge is 0.258 e. The highest BCUT2D eigenvalue weighted by molar-refractivity contribution is 7.98. The summed E-state index contributed by atoms with van der Waals surface area (Å²) in [6.07, 6.45) is 3.26. The average Bonchev–Trinajstić information content (AvgIpc) is 3.36. The Morgan fingerprint density at radius 3 is 2.97 bits per heavy atom. The number of thiazole rings is 1. The van der Waals surface area contributed by atoms with Crippen LogP contribution in [-0.2, 0) is 12.3 Å². The SMILES string of the molecule is C=CCn1c(SCc2cc(=O)n3ccsc3n2)nnc1C(C)Oc1ccccc1C. The van der Waals surface area contributed by atoms with E-state index in [1.165, 1.54) is 23.1 Å². The first kappa shape index (κ1) is 20.4. The number of nitrogens with zero attached hydrogens (tertiary/aromatic N) is 5. The van der Waals surface area contributed by atoms with Crippen LogP contribution in [0.25, 0.3) is 4.96 Å². The third-order valence-electron chi connectivity index (χ3n) is 4.52. The molecule has 0 saturated heterocycles. The zero-order valence-corrected chi connectivity index (χ0v) is 18.3. The second-order valence-electron chi connectivity index (χ2n) is 6.70. The molecule has 0 spiro atoms. The Labute approximate surface area is 182 Å². The highest BCUT2D eigenvalue weighted by Crippen LogP contribution is 2.27. The summed E-state index contributed by atoms with van der Waals surface area (Å²) in [5.74, 6) is 2.06. The molecular formula is C21H21N5O2S2. The molecule has 1 aromatic carbocycles. The van der Waals surface area contributed by atoms with Gasteiger partial charge < -0.3 is 4.74 Å². The number of benzene rings is 1. The van der Waals surface area contributed by atoms with Crippen molar-refractivity contribution < 1.29 is 4.74 Å². The highest BCUT2D eigenvalue weighted by atomic mass is 32.2. The third kappa shape index (κ3) is 4.17. The third-order valence-corrected chi connectivity index (χ3v) is 6.28. The summed E-state index contributed by atoms with van der Waals surface area (Å²) >= 11 is 2.93. The molecule has 0 bridgehead atoms. The zero-order valence-electron chi connectivity index (χ0n) is 16.7. The van der Waals surface area contributed by atoms with Gasteiger partial charge in [0, 0.05) is 29.9 Å². The van der Waals surface area contributed by atoms with Gasteiger partial charge in [-0.1, -0.05) is 36.0 Å². The molecule has 0 radical (unpaired) electrons. The molecule has 0 aliphatic rings. The maximum atomic E-state index is 12.2. The van der Waals surface area contributed by atoms with Crippen molar-refractivity contribution >= 4 is 28.1 Å². The van der Waals surface area contributed by atoms with Gasteiger partial charge in [0.1, 0.15) is 5.75 Å². The minimum absolute atomic E-state index is 0.0784. The fourth-order valence-electron chi connectivity index (χ4n) is 3.04. The molecule has 1 unspecified atom stereocenters. The normalized spacial score (nSPS) is 12.2. The molecule has 4 rings (SSSR count). The zero-order chi connectivity index (χ0) is 21.1. The number of allylic oxidation sites excluding steroid dienone is 1. The number of hydrogen-bond donors (Lipinski definition) is 0. The molecule has 1 atom stereocenters. The van der Waals surface area contributed by atoms with Crippen molar-refractivity contribution in [1.29, 1.82) is 0 Å². The van der Waals surface area contributed by atoms with E-state index in [0.717, 1.165) is 22.3 Å². The van der Waals surface area contributed by atoms with E-state index in [2.05, 4.69) is 21.8 Å². The number of hydrogen-bond acceptors (Lipinski definition) is 7. The molecule has 0 amide bonds. The van der Waals surface area contributed by atoms with Gasteiger partial charge in [0.2, 0.25) is 0 Å². The summed E-state index contributed by atoms with van der Waals surface area (Å²) in [4.78, 5) is 17.4. The van der Waals surface area contributed by atoms with Crippen molar-refractivity contribution in [2.45, 2.75) is 37.4 Å². The Kier molecular flexibility index (Phi) is 6.01. The van der Waals surface area contributed by atoms with Gasteiger partial charge in [0.15, 0.2) is 22.0 Å². The lowest BCUT2D eigenvalue weighted by Gasteiger charge is -2.17. The molecule has 0 N–H and O–H groups in total. The van der Waals surface area contributed by atoms with Gasteiger partial charge in [-0.05, 0) is 25.5 Å². The Morgan fingerprint density at radius 2 is 2.17 bits per heavy atom. The number of rotatable bonds is 8. The lowest BCUT2D eigenvalue weighted by molar-refractivity contribution is 0.209. The van der Waals surface area contributed by atoms with Crippen molar-refractivity contribution in [1.82, 2.24) is 24.1 Å². The predicted octanol–water partition coefficient (Wildman–Crippen LogP) is 4.27. The Balaban J connectivity index is 1.55. The molecule has 30 heavy (non-hydrogen) atoms. The lowest BCUT2D eigenvalue weighted by atomic mass is 10.2. The van der Waals surface area contributed by atoms with Crippen LogP contribution in [0.5, 0.6) is 5.75 Å². The molecule has 0 fully saturated rings. The fourth-order valence-corrected chi connectivity index (χ4v) is 4.63. The second-order valence-corrected chi connectivity index (χ2v) is 8.51. The van der Waals surface area contributed by atoms with Crippen molar-refractivity contribution in [3.05, 3.63) is 82.0 Å². The van der Waals surface area contributed by atoms with Crippen LogP contribution in [0.15, 0.2) is 64.5 Å². The van der Waals surface area contributed by atoms with Gasteiger partial charge in [-0.15, -0.1) is 28.1 Å². The monoisotopic (exact) mass is 439 g/mol. The highest BCUT2D eigenvalue weighted by Gasteiger charge is 2.20. The van der Waals surface area contributed by atoms with Crippen LogP contribution in [0.3, 0.4) is 0 Å². The van der Waals surface area contributed by atoms with E-state index in [1.807, 2.05) is 48.1 Å². The minimum atomic E-state index is -0.280.